The van der Waals surface area contributed by atoms with Gasteiger partial charge in [0.15, 0.2) is 6.10 Å². The van der Waals surface area contributed by atoms with Crippen LogP contribution in [0, 0.1) is 0 Å². The Balaban J connectivity index is 4.23. The Bertz CT molecular complexity index is 1370. The number of carbonyl (C=O) groups excluding carboxylic acids is 3. The van der Waals surface area contributed by atoms with Crippen LogP contribution in [0.3, 0.4) is 0 Å². The van der Waals surface area contributed by atoms with Gasteiger partial charge in [0.25, 0.3) is 0 Å². The molecule has 0 fully saturated rings. The molecular weight excluding hydrogens is 1010 g/mol. The molecule has 0 aliphatic heterocycles. The molecule has 82 heavy (non-hydrogen) atoms. The maximum atomic E-state index is 13.0. The second-order valence-electron chi connectivity index (χ2n) is 25.2. The second kappa shape index (κ2) is 71.1. The van der Waals surface area contributed by atoms with Gasteiger partial charge in [-0.1, -0.05) is 353 Å². The van der Waals surface area contributed by atoms with Gasteiger partial charge in [-0.15, -0.1) is 0 Å². The number of esters is 3. The number of ether oxygens (including phenoxy) is 3. The van der Waals surface area contributed by atoms with Crippen LogP contribution in [-0.2, 0) is 28.6 Å². The smallest absolute Gasteiger partial charge is 0.306 e. The molecule has 0 aromatic carbocycles. The summed E-state index contributed by atoms with van der Waals surface area (Å²) in [5.74, 6) is -0.845. The van der Waals surface area contributed by atoms with E-state index in [0.717, 1.165) is 70.6 Å². The van der Waals surface area contributed by atoms with Crippen molar-refractivity contribution in [1.82, 2.24) is 0 Å². The monoisotopic (exact) mass is 1150 g/mol. The van der Waals surface area contributed by atoms with E-state index in [0.29, 0.717) is 19.3 Å². The zero-order valence-corrected chi connectivity index (χ0v) is 55.5. The molecule has 6 heteroatoms. The Morgan fingerprint density at radius 3 is 0.695 bits per heavy atom. The minimum absolute atomic E-state index is 0.0696. The highest BCUT2D eigenvalue weighted by Gasteiger charge is 2.19. The van der Waals surface area contributed by atoms with E-state index in [1.54, 1.807) is 0 Å². The van der Waals surface area contributed by atoms with Gasteiger partial charge in [-0.3, -0.25) is 14.4 Å². The quantitative estimate of drug-likeness (QED) is 0.0261. The number of hydrogen-bond donors (Lipinski definition) is 0. The fraction of sp³-hybridized carbons (Fsp3) is 0.882. The van der Waals surface area contributed by atoms with Crippen molar-refractivity contribution in [2.45, 2.75) is 419 Å². The Morgan fingerprint density at radius 1 is 0.244 bits per heavy atom. The highest BCUT2D eigenvalue weighted by atomic mass is 16.6. The largest absolute Gasteiger partial charge is 0.462 e. The van der Waals surface area contributed by atoms with Crippen LogP contribution < -0.4 is 0 Å². The van der Waals surface area contributed by atoms with Gasteiger partial charge in [0, 0.05) is 19.3 Å². The summed E-state index contributed by atoms with van der Waals surface area (Å²) in [6, 6.07) is 0. The van der Waals surface area contributed by atoms with E-state index < -0.39 is 6.10 Å². The van der Waals surface area contributed by atoms with Crippen molar-refractivity contribution in [3.63, 3.8) is 0 Å². The summed E-state index contributed by atoms with van der Waals surface area (Å²) in [6.45, 7) is 6.70. The average Bonchev–Trinajstić information content (AvgIpc) is 3.47. The van der Waals surface area contributed by atoms with Gasteiger partial charge in [0.1, 0.15) is 13.2 Å². The molecule has 0 N–H and O–H groups in total. The van der Waals surface area contributed by atoms with Crippen molar-refractivity contribution in [3.8, 4) is 0 Å². The van der Waals surface area contributed by atoms with Crippen molar-refractivity contribution in [2.24, 2.45) is 0 Å². The predicted molar refractivity (Wildman–Crippen MR) is 358 cm³/mol. The third kappa shape index (κ3) is 68.4. The standard InChI is InChI=1S/C76H142O6/c1-4-7-10-13-16-19-22-25-28-31-33-34-35-36-37-38-39-40-41-42-43-46-48-51-54-57-60-63-66-69-75(78)81-72-73(71-80-74(77)68-65-62-59-56-53-50-47-44-30-27-24-21-18-15-12-9-6-3)82-76(79)70-67-64-61-58-55-52-49-45-32-29-26-23-20-17-14-11-8-5-2/h20,23,29,31-33,73H,4-19,21-22,24-28,30,34-72H2,1-3H3/b23-20-,32-29-,33-31-. The number of unbranched alkanes of at least 4 members (excludes halogenated alkanes) is 52. The summed E-state index contributed by atoms with van der Waals surface area (Å²) >= 11 is 0. The Morgan fingerprint density at radius 2 is 0.439 bits per heavy atom. The van der Waals surface area contributed by atoms with E-state index >= 15 is 0 Å². The van der Waals surface area contributed by atoms with Crippen molar-refractivity contribution in [1.29, 1.82) is 0 Å². The third-order valence-electron chi connectivity index (χ3n) is 16.9. The van der Waals surface area contributed by atoms with E-state index in [4.69, 9.17) is 14.2 Å². The summed E-state index contributed by atoms with van der Waals surface area (Å²) in [4.78, 5) is 38.5. The van der Waals surface area contributed by atoms with Crippen molar-refractivity contribution >= 4 is 17.9 Å². The van der Waals surface area contributed by atoms with Crippen LogP contribution in [0.2, 0.25) is 0 Å². The molecule has 0 rings (SSSR count). The zero-order chi connectivity index (χ0) is 59.2. The molecule has 6 nitrogen and oxygen atoms in total. The first-order valence-corrected chi connectivity index (χ1v) is 37.0. The van der Waals surface area contributed by atoms with Gasteiger partial charge < -0.3 is 14.2 Å². The molecule has 0 aliphatic rings. The van der Waals surface area contributed by atoms with Crippen molar-refractivity contribution in [3.05, 3.63) is 36.5 Å². The molecule has 0 bridgehead atoms. The van der Waals surface area contributed by atoms with Gasteiger partial charge in [0.05, 0.1) is 0 Å². The number of hydrogen-bond acceptors (Lipinski definition) is 6. The normalized spacial score (nSPS) is 12.2. The Labute approximate surface area is 512 Å². The molecule has 0 heterocycles. The molecule has 0 aliphatic carbocycles. The predicted octanol–water partition coefficient (Wildman–Crippen LogP) is 25.5. The molecule has 1 atom stereocenters. The maximum Gasteiger partial charge on any atom is 0.306 e. The lowest BCUT2D eigenvalue weighted by Crippen LogP contribution is -2.30. The van der Waals surface area contributed by atoms with Crippen LogP contribution in [0.25, 0.3) is 0 Å². The molecule has 482 valence electrons. The first-order valence-electron chi connectivity index (χ1n) is 37.0. The van der Waals surface area contributed by atoms with Gasteiger partial charge >= 0.3 is 17.9 Å². The van der Waals surface area contributed by atoms with Crippen LogP contribution in [0.5, 0.6) is 0 Å². The Hall–Kier alpha value is -2.37. The number of allylic oxidation sites excluding steroid dienone is 6. The van der Waals surface area contributed by atoms with Crippen LogP contribution >= 0.6 is 0 Å². The summed E-state index contributed by atoms with van der Waals surface area (Å²) in [6.07, 6.45) is 89.0. The molecule has 0 radical (unpaired) electrons. The average molecular weight is 1150 g/mol. The third-order valence-corrected chi connectivity index (χ3v) is 16.9. The highest BCUT2D eigenvalue weighted by molar-refractivity contribution is 5.71. The van der Waals surface area contributed by atoms with Crippen molar-refractivity contribution < 1.29 is 28.6 Å². The van der Waals surface area contributed by atoms with E-state index in [1.165, 1.54) is 302 Å². The SMILES string of the molecule is CCCCCC/C=C\C/C=C\CCCCCCCCCC(=O)OC(COC(=O)CCCCCCCCCCCCCCCCCCC)COC(=O)CCCCCCCCCCCCCCCCCCC/C=C\CCCCCCCCCC. The fourth-order valence-corrected chi connectivity index (χ4v) is 11.3. The first kappa shape index (κ1) is 79.6. The fourth-order valence-electron chi connectivity index (χ4n) is 11.3. The summed E-state index contributed by atoms with van der Waals surface area (Å²) in [5.41, 5.74) is 0. The number of rotatable bonds is 69. The molecule has 0 aromatic rings. The maximum absolute atomic E-state index is 13.0. The van der Waals surface area contributed by atoms with Gasteiger partial charge in [-0.25, -0.2) is 0 Å². The molecule has 0 aromatic heterocycles. The van der Waals surface area contributed by atoms with E-state index in [2.05, 4.69) is 57.2 Å². The molecular formula is C76H142O6. The topological polar surface area (TPSA) is 78.9 Å². The van der Waals surface area contributed by atoms with E-state index in [1.807, 2.05) is 0 Å². The number of carbonyl (C=O) groups is 3. The van der Waals surface area contributed by atoms with Gasteiger partial charge in [0.2, 0.25) is 0 Å². The van der Waals surface area contributed by atoms with Crippen LogP contribution in [0.1, 0.15) is 412 Å². The van der Waals surface area contributed by atoms with Gasteiger partial charge in [-0.2, -0.15) is 0 Å². The lowest BCUT2D eigenvalue weighted by Gasteiger charge is -2.18. The highest BCUT2D eigenvalue weighted by Crippen LogP contribution is 2.19. The lowest BCUT2D eigenvalue weighted by molar-refractivity contribution is -0.167. The lowest BCUT2D eigenvalue weighted by atomic mass is 10.0. The summed E-state index contributed by atoms with van der Waals surface area (Å²) in [7, 11) is 0. The second-order valence-corrected chi connectivity index (χ2v) is 25.2. The molecule has 0 spiro atoms. The van der Waals surface area contributed by atoms with Crippen LogP contribution in [0.4, 0.5) is 0 Å². The molecule has 0 amide bonds. The minimum atomic E-state index is -0.775. The minimum Gasteiger partial charge on any atom is -0.462 e. The molecule has 1 unspecified atom stereocenters. The zero-order valence-electron chi connectivity index (χ0n) is 55.5. The van der Waals surface area contributed by atoms with Gasteiger partial charge in [-0.05, 0) is 77.0 Å². The Kier molecular flexibility index (Phi) is 69.1. The van der Waals surface area contributed by atoms with Crippen molar-refractivity contribution in [2.75, 3.05) is 13.2 Å². The molecule has 0 saturated carbocycles. The summed E-state index contributed by atoms with van der Waals surface area (Å²) in [5, 5.41) is 0. The molecule has 0 saturated heterocycles. The van der Waals surface area contributed by atoms with Crippen LogP contribution in [0.15, 0.2) is 36.5 Å². The van der Waals surface area contributed by atoms with Crippen LogP contribution in [-0.4, -0.2) is 37.2 Å². The van der Waals surface area contributed by atoms with E-state index in [9.17, 15) is 14.4 Å². The summed E-state index contributed by atoms with van der Waals surface area (Å²) < 4.78 is 17.0. The first-order chi connectivity index (χ1) is 40.5. The van der Waals surface area contributed by atoms with E-state index in [-0.39, 0.29) is 31.1 Å².